The van der Waals surface area contributed by atoms with Gasteiger partial charge in [-0.25, -0.2) is 4.79 Å². The minimum Gasteiger partial charge on any atom is -0.491 e. The summed E-state index contributed by atoms with van der Waals surface area (Å²) in [4.78, 5) is 16.4. The normalized spacial score (nSPS) is 13.4. The summed E-state index contributed by atoms with van der Waals surface area (Å²) in [6.07, 6.45) is 0.832. The molecule has 3 rings (SSSR count). The van der Waals surface area contributed by atoms with Gasteiger partial charge in [-0.1, -0.05) is 30.3 Å². The largest absolute Gasteiger partial charge is 0.491 e. The first-order valence-corrected chi connectivity index (χ1v) is 8.63. The third-order valence-electron chi connectivity index (χ3n) is 4.36. The van der Waals surface area contributed by atoms with Crippen LogP contribution in [0.1, 0.15) is 11.1 Å². The van der Waals surface area contributed by atoms with Crippen LogP contribution in [0.15, 0.2) is 48.5 Å². The molecule has 0 fully saturated rings. The van der Waals surface area contributed by atoms with Gasteiger partial charge in [-0.05, 0) is 30.2 Å². The molecule has 25 heavy (non-hydrogen) atoms. The van der Waals surface area contributed by atoms with Gasteiger partial charge in [0.15, 0.2) is 0 Å². The average molecular weight is 339 g/mol. The van der Waals surface area contributed by atoms with E-state index in [2.05, 4.69) is 28.4 Å². The molecule has 5 heteroatoms. The van der Waals surface area contributed by atoms with Gasteiger partial charge in [0.2, 0.25) is 0 Å². The highest BCUT2D eigenvalue weighted by Crippen LogP contribution is 2.27. The molecule has 0 unspecified atom stereocenters. The zero-order valence-electron chi connectivity index (χ0n) is 14.9. The van der Waals surface area contributed by atoms with Crippen LogP contribution in [-0.4, -0.2) is 44.7 Å². The highest BCUT2D eigenvalue weighted by Gasteiger charge is 2.20. The van der Waals surface area contributed by atoms with E-state index in [9.17, 15) is 4.79 Å². The molecule has 0 aliphatic carbocycles. The molecule has 1 heterocycles. The summed E-state index contributed by atoms with van der Waals surface area (Å²) in [5, 5.41) is 3.02. The highest BCUT2D eigenvalue weighted by molar-refractivity contribution is 5.74. The maximum absolute atomic E-state index is 12.5. The molecule has 0 bridgehead atoms. The predicted molar refractivity (Wildman–Crippen MR) is 100 cm³/mol. The summed E-state index contributed by atoms with van der Waals surface area (Å²) in [5.74, 6) is 0.866. The molecule has 2 amide bonds. The van der Waals surface area contributed by atoms with Crippen molar-refractivity contribution in [3.63, 3.8) is 0 Å². The van der Waals surface area contributed by atoms with Gasteiger partial charge in [0.25, 0.3) is 0 Å². The number of nitrogens with zero attached hydrogens (tertiary/aromatic N) is 2. The Kier molecular flexibility index (Phi) is 5.43. The van der Waals surface area contributed by atoms with Gasteiger partial charge in [-0.15, -0.1) is 0 Å². The van der Waals surface area contributed by atoms with E-state index in [0.29, 0.717) is 26.2 Å². The minimum absolute atomic E-state index is 0.0392. The fourth-order valence-corrected chi connectivity index (χ4v) is 2.90. The molecule has 2 aromatic rings. The van der Waals surface area contributed by atoms with Gasteiger partial charge in [0, 0.05) is 31.9 Å². The maximum Gasteiger partial charge on any atom is 0.317 e. The summed E-state index contributed by atoms with van der Waals surface area (Å²) in [6.45, 7) is 2.29. The average Bonchev–Trinajstić information content (AvgIpc) is 2.84. The number of anilines is 1. The predicted octanol–water partition coefficient (Wildman–Crippen LogP) is 2.90. The van der Waals surface area contributed by atoms with Crippen molar-refractivity contribution in [2.75, 3.05) is 38.7 Å². The summed E-state index contributed by atoms with van der Waals surface area (Å²) >= 11 is 0. The lowest BCUT2D eigenvalue weighted by Gasteiger charge is -2.21. The Bertz CT molecular complexity index is 716. The number of fused-ring (bicyclic) bond motifs is 1. The number of amides is 2. The Hall–Kier alpha value is -2.69. The van der Waals surface area contributed by atoms with Gasteiger partial charge in [-0.2, -0.15) is 0 Å². The monoisotopic (exact) mass is 339 g/mol. The van der Waals surface area contributed by atoms with E-state index in [4.69, 9.17) is 4.74 Å². The Morgan fingerprint density at radius 3 is 2.76 bits per heavy atom. The molecule has 1 aliphatic rings. The van der Waals surface area contributed by atoms with Crippen molar-refractivity contribution < 1.29 is 9.53 Å². The van der Waals surface area contributed by atoms with Crippen LogP contribution >= 0.6 is 0 Å². The van der Waals surface area contributed by atoms with Crippen molar-refractivity contribution in [2.45, 2.75) is 13.0 Å². The molecular weight excluding hydrogens is 314 g/mol. The van der Waals surface area contributed by atoms with Crippen molar-refractivity contribution >= 4 is 11.7 Å². The highest BCUT2D eigenvalue weighted by atomic mass is 16.5. The van der Waals surface area contributed by atoms with Gasteiger partial charge < -0.3 is 19.9 Å². The number of nitrogens with one attached hydrogen (secondary N) is 1. The second-order valence-corrected chi connectivity index (χ2v) is 6.42. The van der Waals surface area contributed by atoms with Crippen molar-refractivity contribution in [3.8, 4) is 5.75 Å². The van der Waals surface area contributed by atoms with Gasteiger partial charge in [-0.3, -0.25) is 0 Å². The van der Waals surface area contributed by atoms with Crippen LogP contribution in [0.4, 0.5) is 10.5 Å². The van der Waals surface area contributed by atoms with Crippen LogP contribution in [-0.2, 0) is 13.0 Å². The fourth-order valence-electron chi connectivity index (χ4n) is 2.90. The zero-order chi connectivity index (χ0) is 17.6. The van der Waals surface area contributed by atoms with E-state index < -0.39 is 0 Å². The number of benzene rings is 2. The topological polar surface area (TPSA) is 44.8 Å². The number of ether oxygens (including phenoxy) is 1. The molecule has 0 saturated heterocycles. The number of urea groups is 1. The van der Waals surface area contributed by atoms with E-state index in [1.54, 1.807) is 0 Å². The number of rotatable bonds is 4. The first-order valence-electron chi connectivity index (χ1n) is 8.63. The second-order valence-electron chi connectivity index (χ2n) is 6.42. The number of hydrogen-bond acceptors (Lipinski definition) is 3. The van der Waals surface area contributed by atoms with Crippen molar-refractivity contribution in [2.24, 2.45) is 0 Å². The fraction of sp³-hybridized carbons (Fsp3) is 0.350. The maximum atomic E-state index is 12.5. The number of carbonyl (C=O) groups is 1. The smallest absolute Gasteiger partial charge is 0.317 e. The summed E-state index contributed by atoms with van der Waals surface area (Å²) in [5.41, 5.74) is 3.37. The Morgan fingerprint density at radius 2 is 2.00 bits per heavy atom. The number of carbonyl (C=O) groups excluding carboxylic acids is 1. The van der Waals surface area contributed by atoms with Crippen molar-refractivity contribution in [1.29, 1.82) is 0 Å². The summed E-state index contributed by atoms with van der Waals surface area (Å²) in [7, 11) is 4.01. The zero-order valence-corrected chi connectivity index (χ0v) is 14.9. The molecule has 0 aromatic heterocycles. The first kappa shape index (κ1) is 17.1. The van der Waals surface area contributed by atoms with Gasteiger partial charge in [0.05, 0.1) is 13.1 Å². The second kappa shape index (κ2) is 7.92. The van der Waals surface area contributed by atoms with Crippen LogP contribution in [0.2, 0.25) is 0 Å². The summed E-state index contributed by atoms with van der Waals surface area (Å²) < 4.78 is 5.80. The third kappa shape index (κ3) is 4.44. The van der Waals surface area contributed by atoms with E-state index in [1.807, 2.05) is 49.3 Å². The molecule has 0 radical (unpaired) electrons. The molecule has 1 aliphatic heterocycles. The Morgan fingerprint density at radius 1 is 1.20 bits per heavy atom. The molecule has 5 nitrogen and oxygen atoms in total. The minimum atomic E-state index is -0.0392. The standard InChI is InChI=1S/C20H25N3O2/c1-22(2)18-8-9-19-17(14-18)15-23(12-13-25-19)20(24)21-11-10-16-6-4-3-5-7-16/h3-9,14H,10-13,15H2,1-2H3,(H,21,24). The first-order chi connectivity index (χ1) is 12.1. The summed E-state index contributed by atoms with van der Waals surface area (Å²) in [6, 6.07) is 16.3. The van der Waals surface area contributed by atoms with Crippen LogP contribution in [0, 0.1) is 0 Å². The third-order valence-corrected chi connectivity index (χ3v) is 4.36. The lowest BCUT2D eigenvalue weighted by molar-refractivity contribution is 0.188. The van der Waals surface area contributed by atoms with Crippen molar-refractivity contribution in [3.05, 3.63) is 59.7 Å². The van der Waals surface area contributed by atoms with E-state index in [-0.39, 0.29) is 6.03 Å². The quantitative estimate of drug-likeness (QED) is 0.931. The van der Waals surface area contributed by atoms with Crippen LogP contribution in [0.3, 0.4) is 0 Å². The van der Waals surface area contributed by atoms with E-state index >= 15 is 0 Å². The molecule has 1 N–H and O–H groups in total. The van der Waals surface area contributed by atoms with E-state index in [0.717, 1.165) is 23.4 Å². The molecule has 0 spiro atoms. The van der Waals surface area contributed by atoms with Crippen LogP contribution in [0.25, 0.3) is 0 Å². The van der Waals surface area contributed by atoms with E-state index in [1.165, 1.54) is 5.56 Å². The Balaban J connectivity index is 1.60. The lowest BCUT2D eigenvalue weighted by atomic mass is 10.1. The lowest BCUT2D eigenvalue weighted by Crippen LogP contribution is -2.41. The van der Waals surface area contributed by atoms with Crippen LogP contribution in [0.5, 0.6) is 5.75 Å². The van der Waals surface area contributed by atoms with Gasteiger partial charge in [0.1, 0.15) is 12.4 Å². The molecule has 0 saturated carbocycles. The molecule has 0 atom stereocenters. The molecule has 132 valence electrons. The SMILES string of the molecule is CN(C)c1ccc2c(c1)CN(C(=O)NCCc1ccccc1)CCO2. The molecule has 2 aromatic carbocycles. The van der Waals surface area contributed by atoms with Crippen molar-refractivity contribution in [1.82, 2.24) is 10.2 Å². The Labute approximate surface area is 149 Å². The van der Waals surface area contributed by atoms with Crippen LogP contribution < -0.4 is 15.0 Å². The van der Waals surface area contributed by atoms with Gasteiger partial charge >= 0.3 is 6.03 Å². The molecular formula is C20H25N3O2. The number of hydrogen-bond donors (Lipinski definition) is 1.